The van der Waals surface area contributed by atoms with Crippen LogP contribution < -0.4 is 10.1 Å². The molecule has 1 aliphatic heterocycles. The van der Waals surface area contributed by atoms with Gasteiger partial charge in [-0.1, -0.05) is 6.07 Å². The second-order valence-corrected chi connectivity index (χ2v) is 5.94. The summed E-state index contributed by atoms with van der Waals surface area (Å²) in [5, 5.41) is 3.39. The molecule has 21 heavy (non-hydrogen) atoms. The summed E-state index contributed by atoms with van der Waals surface area (Å²) >= 11 is 0. The van der Waals surface area contributed by atoms with E-state index < -0.39 is 0 Å². The summed E-state index contributed by atoms with van der Waals surface area (Å²) in [4.78, 5) is 9.66. The van der Waals surface area contributed by atoms with Gasteiger partial charge < -0.3 is 10.1 Å². The molecule has 1 saturated carbocycles. The van der Waals surface area contributed by atoms with Crippen LogP contribution in [0.2, 0.25) is 0 Å². The number of nitrogens with one attached hydrogen (secondary N) is 1. The molecule has 2 aliphatic rings. The van der Waals surface area contributed by atoms with Crippen LogP contribution in [0.3, 0.4) is 0 Å². The molecule has 1 aromatic heterocycles. The van der Waals surface area contributed by atoms with Crippen LogP contribution in [0.4, 0.5) is 0 Å². The lowest BCUT2D eigenvalue weighted by Crippen LogP contribution is -2.03. The lowest BCUT2D eigenvalue weighted by molar-refractivity contribution is 0.416. The van der Waals surface area contributed by atoms with Gasteiger partial charge in [-0.3, -0.25) is 0 Å². The molecule has 2 aromatic rings. The highest BCUT2D eigenvalue weighted by molar-refractivity contribution is 5.65. The molecule has 1 N–H and O–H groups in total. The number of benzene rings is 1. The molecule has 0 saturated heterocycles. The van der Waals surface area contributed by atoms with Crippen molar-refractivity contribution in [3.8, 4) is 17.1 Å². The summed E-state index contributed by atoms with van der Waals surface area (Å²) in [6.45, 7) is 3.82. The fourth-order valence-electron chi connectivity index (χ4n) is 2.99. The van der Waals surface area contributed by atoms with Crippen molar-refractivity contribution in [1.29, 1.82) is 0 Å². The summed E-state index contributed by atoms with van der Waals surface area (Å²) in [5.41, 5.74) is 5.90. The molecule has 0 spiro atoms. The van der Waals surface area contributed by atoms with Crippen molar-refractivity contribution in [2.75, 3.05) is 7.11 Å². The number of hydrogen-bond donors (Lipinski definition) is 1. The van der Waals surface area contributed by atoms with Gasteiger partial charge in [-0.15, -0.1) is 0 Å². The molecule has 0 amide bonds. The van der Waals surface area contributed by atoms with Gasteiger partial charge in [0, 0.05) is 24.6 Å². The van der Waals surface area contributed by atoms with E-state index in [2.05, 4.69) is 24.4 Å². The molecule has 0 unspecified atom stereocenters. The van der Waals surface area contributed by atoms with Crippen molar-refractivity contribution in [3.63, 3.8) is 0 Å². The number of rotatable bonds is 3. The van der Waals surface area contributed by atoms with Crippen molar-refractivity contribution < 1.29 is 4.74 Å². The zero-order chi connectivity index (χ0) is 14.4. The number of aromatic nitrogens is 2. The molecule has 108 valence electrons. The number of methoxy groups -OCH3 is 1. The van der Waals surface area contributed by atoms with Crippen LogP contribution in [0.1, 0.15) is 41.3 Å². The van der Waals surface area contributed by atoms with Crippen LogP contribution in [0.15, 0.2) is 18.2 Å². The second-order valence-electron chi connectivity index (χ2n) is 5.94. The van der Waals surface area contributed by atoms with E-state index in [1.54, 1.807) is 7.11 Å². The largest absolute Gasteiger partial charge is 0.496 e. The number of ether oxygens (including phenoxy) is 1. The Labute approximate surface area is 124 Å². The molecule has 1 aromatic carbocycles. The maximum atomic E-state index is 5.52. The van der Waals surface area contributed by atoms with Crippen LogP contribution >= 0.6 is 0 Å². The average molecular weight is 281 g/mol. The zero-order valence-corrected chi connectivity index (χ0v) is 12.4. The molecule has 4 rings (SSSR count). The van der Waals surface area contributed by atoms with Crippen molar-refractivity contribution in [2.24, 2.45) is 0 Å². The van der Waals surface area contributed by atoms with E-state index in [1.807, 2.05) is 6.07 Å². The Bertz CT molecular complexity index is 707. The Hall–Kier alpha value is -1.94. The van der Waals surface area contributed by atoms with E-state index in [-0.39, 0.29) is 0 Å². The summed E-state index contributed by atoms with van der Waals surface area (Å²) in [6, 6.07) is 6.19. The molecule has 0 atom stereocenters. The topological polar surface area (TPSA) is 47.0 Å². The molecule has 0 bridgehead atoms. The quantitative estimate of drug-likeness (QED) is 0.939. The fraction of sp³-hybridized carbons (Fsp3) is 0.412. The maximum Gasteiger partial charge on any atom is 0.163 e. The van der Waals surface area contributed by atoms with E-state index >= 15 is 0 Å². The number of nitrogens with zero attached hydrogens (tertiary/aromatic N) is 2. The van der Waals surface area contributed by atoms with Gasteiger partial charge in [0.2, 0.25) is 0 Å². The smallest absolute Gasteiger partial charge is 0.163 e. The summed E-state index contributed by atoms with van der Waals surface area (Å²) < 4.78 is 5.52. The van der Waals surface area contributed by atoms with Gasteiger partial charge in [0.1, 0.15) is 5.75 Å². The molecule has 4 nitrogen and oxygen atoms in total. The summed E-state index contributed by atoms with van der Waals surface area (Å²) in [7, 11) is 1.70. The van der Waals surface area contributed by atoms with E-state index in [4.69, 9.17) is 14.7 Å². The van der Waals surface area contributed by atoms with Gasteiger partial charge in [0.05, 0.1) is 24.1 Å². The minimum Gasteiger partial charge on any atom is -0.496 e. The Morgan fingerprint density at radius 3 is 2.81 bits per heavy atom. The third kappa shape index (κ3) is 2.20. The predicted octanol–water partition coefficient (Wildman–Crippen LogP) is 2.94. The van der Waals surface area contributed by atoms with Crippen LogP contribution in [-0.2, 0) is 13.1 Å². The van der Waals surface area contributed by atoms with E-state index in [1.165, 1.54) is 29.7 Å². The highest BCUT2D eigenvalue weighted by atomic mass is 16.5. The molecule has 0 radical (unpaired) electrons. The number of fused-ring (bicyclic) bond motifs is 1. The Kier molecular flexibility index (Phi) is 2.93. The van der Waals surface area contributed by atoms with E-state index in [9.17, 15) is 0 Å². The van der Waals surface area contributed by atoms with Crippen LogP contribution in [0.25, 0.3) is 11.4 Å². The molecular weight excluding hydrogens is 262 g/mol. The van der Waals surface area contributed by atoms with Crippen molar-refractivity contribution in [1.82, 2.24) is 15.3 Å². The average Bonchev–Trinajstić information content (AvgIpc) is 3.23. The first kappa shape index (κ1) is 12.8. The zero-order valence-electron chi connectivity index (χ0n) is 12.4. The third-order valence-electron chi connectivity index (χ3n) is 4.28. The van der Waals surface area contributed by atoms with E-state index in [0.717, 1.165) is 35.9 Å². The molecule has 1 fully saturated rings. The SMILES string of the molecule is COc1cc(C)ccc1-c1nc2c(c(C3CC3)n1)CNC2. The first-order chi connectivity index (χ1) is 10.3. The molecule has 2 heterocycles. The van der Waals surface area contributed by atoms with Gasteiger partial charge >= 0.3 is 0 Å². The Morgan fingerprint density at radius 1 is 1.19 bits per heavy atom. The highest BCUT2D eigenvalue weighted by Gasteiger charge is 2.31. The minimum atomic E-state index is 0.636. The highest BCUT2D eigenvalue weighted by Crippen LogP contribution is 2.43. The van der Waals surface area contributed by atoms with Gasteiger partial charge in [-0.25, -0.2) is 9.97 Å². The lowest BCUT2D eigenvalue weighted by Gasteiger charge is -2.12. The van der Waals surface area contributed by atoms with Crippen LogP contribution in [-0.4, -0.2) is 17.1 Å². The molecular formula is C17H19N3O. The van der Waals surface area contributed by atoms with Gasteiger partial charge in [0.25, 0.3) is 0 Å². The third-order valence-corrected chi connectivity index (χ3v) is 4.28. The monoisotopic (exact) mass is 281 g/mol. The van der Waals surface area contributed by atoms with Crippen LogP contribution in [0, 0.1) is 6.92 Å². The predicted molar refractivity (Wildman–Crippen MR) is 81.3 cm³/mol. The van der Waals surface area contributed by atoms with Crippen molar-refractivity contribution >= 4 is 0 Å². The van der Waals surface area contributed by atoms with Crippen LogP contribution in [0.5, 0.6) is 5.75 Å². The van der Waals surface area contributed by atoms with Crippen molar-refractivity contribution in [3.05, 3.63) is 40.7 Å². The normalized spacial score (nSPS) is 16.9. The number of hydrogen-bond acceptors (Lipinski definition) is 4. The first-order valence-corrected chi connectivity index (χ1v) is 7.51. The van der Waals surface area contributed by atoms with Crippen molar-refractivity contribution in [2.45, 2.75) is 38.8 Å². The first-order valence-electron chi connectivity index (χ1n) is 7.51. The van der Waals surface area contributed by atoms with Gasteiger partial charge in [-0.2, -0.15) is 0 Å². The summed E-state index contributed by atoms with van der Waals surface area (Å²) in [5.74, 6) is 2.29. The van der Waals surface area contributed by atoms with E-state index in [0.29, 0.717) is 5.92 Å². The standard InChI is InChI=1S/C17H19N3O/c1-10-3-6-12(15(7-10)21-2)17-19-14-9-18-8-13(14)16(20-17)11-4-5-11/h3,6-7,11,18H,4-5,8-9H2,1-2H3. The van der Waals surface area contributed by atoms with Gasteiger partial charge in [-0.05, 0) is 37.5 Å². The summed E-state index contributed by atoms with van der Waals surface area (Å²) in [6.07, 6.45) is 2.52. The second kappa shape index (κ2) is 4.81. The Balaban J connectivity index is 1.87. The van der Waals surface area contributed by atoms with Gasteiger partial charge in [0.15, 0.2) is 5.82 Å². The molecule has 1 aliphatic carbocycles. The minimum absolute atomic E-state index is 0.636. The lowest BCUT2D eigenvalue weighted by atomic mass is 10.1. The maximum absolute atomic E-state index is 5.52. The molecule has 4 heteroatoms. The fourth-order valence-corrected chi connectivity index (χ4v) is 2.99. The number of aryl methyl sites for hydroxylation is 1. The Morgan fingerprint density at radius 2 is 2.05 bits per heavy atom.